The Morgan fingerprint density at radius 2 is 2.00 bits per heavy atom. The topological polar surface area (TPSA) is 83.5 Å². The Morgan fingerprint density at radius 1 is 1.43 bits per heavy atom. The smallest absolute Gasteiger partial charge is 0.339 e. The zero-order valence-electron chi connectivity index (χ0n) is 9.99. The zero-order valence-corrected chi connectivity index (χ0v) is 13.7. The van der Waals surface area contributed by atoms with Gasteiger partial charge in [-0.15, -0.1) is 0 Å². The van der Waals surface area contributed by atoms with Gasteiger partial charge in [0.1, 0.15) is 11.8 Å². The van der Waals surface area contributed by atoms with Crippen LogP contribution in [-0.2, 0) is 10.1 Å². The van der Waals surface area contributed by atoms with E-state index in [0.29, 0.717) is 3.57 Å². The van der Waals surface area contributed by atoms with Gasteiger partial charge in [-0.1, -0.05) is 11.6 Å². The Hall–Kier alpha value is -0.590. The van der Waals surface area contributed by atoms with Crippen molar-refractivity contribution in [3.05, 3.63) is 32.4 Å². The van der Waals surface area contributed by atoms with Crippen LogP contribution in [0.5, 0.6) is 0 Å². The zero-order chi connectivity index (χ0) is 16.4. The summed E-state index contributed by atoms with van der Waals surface area (Å²) in [6, 6.07) is 1.37. The number of benzene rings is 1. The molecule has 0 spiro atoms. The van der Waals surface area contributed by atoms with Gasteiger partial charge in [0.25, 0.3) is 16.0 Å². The second kappa shape index (κ2) is 6.67. The molecule has 0 radical (unpaired) electrons. The first-order chi connectivity index (χ1) is 9.40. The number of alkyl halides is 3. The Kier molecular flexibility index (Phi) is 5.86. The summed E-state index contributed by atoms with van der Waals surface area (Å²) >= 11 is 7.54. The molecule has 2 N–H and O–H groups in total. The van der Waals surface area contributed by atoms with E-state index >= 15 is 0 Å². The summed E-state index contributed by atoms with van der Waals surface area (Å²) < 4.78 is 68.3. The van der Waals surface area contributed by atoms with E-state index in [0.717, 1.165) is 0 Å². The molecule has 0 heterocycles. The molecule has 5 nitrogen and oxygen atoms in total. The molecule has 0 saturated heterocycles. The molecule has 11 heteroatoms. The monoisotopic (exact) mass is 457 g/mol. The Labute approximate surface area is 136 Å². The fourth-order valence-corrected chi connectivity index (χ4v) is 2.72. The molecule has 0 aromatic heterocycles. The van der Waals surface area contributed by atoms with Gasteiger partial charge in [0.05, 0.1) is 10.6 Å². The molecule has 0 aliphatic heterocycles. The number of amides is 1. The second-order valence-electron chi connectivity index (χ2n) is 3.94. The maximum Gasteiger partial charge on any atom is 0.409 e. The van der Waals surface area contributed by atoms with Crippen LogP contribution in [0.3, 0.4) is 0 Å². The maximum atomic E-state index is 12.7. The van der Waals surface area contributed by atoms with Crippen LogP contribution in [0.4, 0.5) is 13.2 Å². The first-order valence-electron chi connectivity index (χ1n) is 5.18. The van der Waals surface area contributed by atoms with E-state index < -0.39 is 34.0 Å². The molecule has 118 valence electrons. The van der Waals surface area contributed by atoms with Gasteiger partial charge in [0.15, 0.2) is 0 Å². The van der Waals surface area contributed by atoms with E-state index in [1.807, 2.05) is 22.6 Å². The minimum atomic E-state index is -5.04. The van der Waals surface area contributed by atoms with Crippen LogP contribution in [0.2, 0.25) is 5.02 Å². The normalized spacial score (nSPS) is 13.8. The molecule has 1 amide bonds. The molecule has 0 bridgehead atoms. The third-order valence-corrected chi connectivity index (χ3v) is 4.01. The standard InChI is InChI=1S/C10H8ClF3INO4S/c11-7-2-1-5(15)3-6(7)9(17)16-8(10(12,13)14)4-21(18,19)20/h1-3,8H,4H2,(H,16,17)(H,18,19,20). The van der Waals surface area contributed by atoms with Crippen LogP contribution in [-0.4, -0.2) is 36.8 Å². The average Bonchev–Trinajstić information content (AvgIpc) is 2.28. The lowest BCUT2D eigenvalue weighted by Gasteiger charge is -2.20. The highest BCUT2D eigenvalue weighted by atomic mass is 127. The van der Waals surface area contributed by atoms with E-state index in [9.17, 15) is 26.4 Å². The number of carbonyl (C=O) groups is 1. The lowest BCUT2D eigenvalue weighted by molar-refractivity contribution is -0.148. The first kappa shape index (κ1) is 18.5. The molecule has 0 aliphatic carbocycles. The van der Waals surface area contributed by atoms with Crippen LogP contribution < -0.4 is 5.32 Å². The first-order valence-corrected chi connectivity index (χ1v) is 8.24. The van der Waals surface area contributed by atoms with Crippen LogP contribution in [0, 0.1) is 3.57 Å². The molecule has 0 saturated carbocycles. The lowest BCUT2D eigenvalue weighted by atomic mass is 10.2. The van der Waals surface area contributed by atoms with Gasteiger partial charge < -0.3 is 5.32 Å². The largest absolute Gasteiger partial charge is 0.409 e. The van der Waals surface area contributed by atoms with Gasteiger partial charge in [-0.2, -0.15) is 21.6 Å². The summed E-state index contributed by atoms with van der Waals surface area (Å²) in [5, 5.41) is 1.42. The Bertz CT molecular complexity index is 650. The van der Waals surface area contributed by atoms with Crippen molar-refractivity contribution in [3.63, 3.8) is 0 Å². The van der Waals surface area contributed by atoms with Crippen LogP contribution in [0.25, 0.3) is 0 Å². The van der Waals surface area contributed by atoms with E-state index in [1.54, 1.807) is 6.07 Å². The molecule has 21 heavy (non-hydrogen) atoms. The summed E-state index contributed by atoms with van der Waals surface area (Å²) in [6.07, 6.45) is -5.04. The maximum absolute atomic E-state index is 12.7. The lowest BCUT2D eigenvalue weighted by Crippen LogP contribution is -2.49. The molecular weight excluding hydrogens is 450 g/mol. The molecule has 1 rings (SSSR count). The number of rotatable bonds is 4. The highest BCUT2D eigenvalue weighted by Crippen LogP contribution is 2.23. The van der Waals surface area contributed by atoms with E-state index in [-0.39, 0.29) is 10.6 Å². The van der Waals surface area contributed by atoms with Crippen molar-refractivity contribution in [2.24, 2.45) is 0 Å². The van der Waals surface area contributed by atoms with Gasteiger partial charge >= 0.3 is 6.18 Å². The van der Waals surface area contributed by atoms with Crippen LogP contribution >= 0.6 is 34.2 Å². The number of halogens is 5. The molecule has 1 atom stereocenters. The quantitative estimate of drug-likeness (QED) is 0.538. The number of carbonyl (C=O) groups excluding carboxylic acids is 1. The summed E-state index contributed by atoms with van der Waals surface area (Å²) in [7, 11) is -4.92. The number of nitrogens with one attached hydrogen (secondary N) is 1. The highest BCUT2D eigenvalue weighted by molar-refractivity contribution is 14.1. The summed E-state index contributed by atoms with van der Waals surface area (Å²) in [4.78, 5) is 11.8. The van der Waals surface area contributed by atoms with Crippen molar-refractivity contribution in [3.8, 4) is 0 Å². The van der Waals surface area contributed by atoms with Crippen molar-refractivity contribution >= 4 is 50.2 Å². The molecule has 0 fully saturated rings. The van der Waals surface area contributed by atoms with E-state index in [4.69, 9.17) is 16.2 Å². The minimum absolute atomic E-state index is 0.0827. The average molecular weight is 458 g/mol. The van der Waals surface area contributed by atoms with Crippen molar-refractivity contribution in [1.29, 1.82) is 0 Å². The van der Waals surface area contributed by atoms with Crippen LogP contribution in [0.15, 0.2) is 18.2 Å². The number of hydrogen-bond acceptors (Lipinski definition) is 3. The van der Waals surface area contributed by atoms with Gasteiger partial charge in [0, 0.05) is 3.57 Å². The fourth-order valence-electron chi connectivity index (χ4n) is 1.34. The molecular formula is C10H8ClF3INO4S. The third kappa shape index (κ3) is 5.96. The van der Waals surface area contributed by atoms with Gasteiger partial charge in [-0.25, -0.2) is 0 Å². The van der Waals surface area contributed by atoms with Gasteiger partial charge in [-0.3, -0.25) is 9.35 Å². The Morgan fingerprint density at radius 3 is 2.48 bits per heavy atom. The van der Waals surface area contributed by atoms with Crippen LogP contribution in [0.1, 0.15) is 10.4 Å². The van der Waals surface area contributed by atoms with Gasteiger partial charge in [-0.05, 0) is 40.8 Å². The number of hydrogen-bond donors (Lipinski definition) is 2. The third-order valence-electron chi connectivity index (χ3n) is 2.25. The Balaban J connectivity index is 3.03. The SMILES string of the molecule is O=C(NC(CS(=O)(=O)O)C(F)(F)F)c1cc(I)ccc1Cl. The predicted molar refractivity (Wildman–Crippen MR) is 77.9 cm³/mol. The second-order valence-corrected chi connectivity index (χ2v) is 7.09. The minimum Gasteiger partial charge on any atom is -0.339 e. The van der Waals surface area contributed by atoms with Crippen molar-refractivity contribution in [2.45, 2.75) is 12.2 Å². The summed E-state index contributed by atoms with van der Waals surface area (Å²) in [6.45, 7) is 0. The molecule has 1 unspecified atom stereocenters. The molecule has 1 aromatic rings. The van der Waals surface area contributed by atoms with Crippen molar-refractivity contribution < 1.29 is 30.9 Å². The molecule has 1 aromatic carbocycles. The summed E-state index contributed by atoms with van der Waals surface area (Å²) in [5.74, 6) is -2.87. The fraction of sp³-hybridized carbons (Fsp3) is 0.300. The highest BCUT2D eigenvalue weighted by Gasteiger charge is 2.43. The van der Waals surface area contributed by atoms with E-state index in [1.165, 1.54) is 17.4 Å². The van der Waals surface area contributed by atoms with Gasteiger partial charge in [0.2, 0.25) is 0 Å². The van der Waals surface area contributed by atoms with Crippen molar-refractivity contribution in [1.82, 2.24) is 5.32 Å². The van der Waals surface area contributed by atoms with Crippen molar-refractivity contribution in [2.75, 3.05) is 5.75 Å². The predicted octanol–water partition coefficient (Wildman–Crippen LogP) is 2.49. The molecule has 0 aliphatic rings. The summed E-state index contributed by atoms with van der Waals surface area (Å²) in [5.41, 5.74) is -0.229. The van der Waals surface area contributed by atoms with E-state index in [2.05, 4.69) is 0 Å².